The van der Waals surface area contributed by atoms with Crippen LogP contribution in [0.1, 0.15) is 15.9 Å². The lowest BCUT2D eigenvalue weighted by atomic mass is 10.1. The van der Waals surface area contributed by atoms with Gasteiger partial charge in [0.2, 0.25) is 10.0 Å². The molecule has 0 spiro atoms. The van der Waals surface area contributed by atoms with Crippen molar-refractivity contribution in [2.24, 2.45) is 0 Å². The summed E-state index contributed by atoms with van der Waals surface area (Å²) in [7, 11) is -3.82. The number of hydrogen-bond donors (Lipinski definition) is 1. The number of anilines is 1. The van der Waals surface area contributed by atoms with Crippen LogP contribution in [0.3, 0.4) is 0 Å². The van der Waals surface area contributed by atoms with E-state index in [1.54, 1.807) is 6.92 Å². The van der Waals surface area contributed by atoms with Crippen LogP contribution in [0.4, 0.5) is 10.1 Å². The van der Waals surface area contributed by atoms with Crippen molar-refractivity contribution in [1.82, 2.24) is 9.29 Å². The maximum atomic E-state index is 12.9. The summed E-state index contributed by atoms with van der Waals surface area (Å²) in [5.74, 6) is -1.63. The van der Waals surface area contributed by atoms with Crippen molar-refractivity contribution in [2.45, 2.75) is 11.8 Å². The first kappa shape index (κ1) is 22.7. The Labute approximate surface area is 181 Å². The number of esters is 1. The van der Waals surface area contributed by atoms with Crippen LogP contribution in [0.5, 0.6) is 0 Å². The van der Waals surface area contributed by atoms with Crippen LogP contribution in [0, 0.1) is 17.0 Å². The summed E-state index contributed by atoms with van der Waals surface area (Å²) in [6.07, 6.45) is 0.995. The molecular weight excluding hydrogens is 452 g/mol. The Morgan fingerprint density at radius 2 is 2.06 bits per heavy atom. The predicted octanol–water partition coefficient (Wildman–Crippen LogP) is 1.18. The van der Waals surface area contributed by atoms with E-state index in [0.29, 0.717) is 16.9 Å². The van der Waals surface area contributed by atoms with E-state index >= 15 is 0 Å². The van der Waals surface area contributed by atoms with Crippen LogP contribution in [0.25, 0.3) is 0 Å². The van der Waals surface area contributed by atoms with Crippen molar-refractivity contribution >= 4 is 43.4 Å². The topological polar surface area (TPSA) is 158 Å². The number of nitrogens with zero attached hydrogens (tertiary/aromatic N) is 3. The Hall–Kier alpha value is -2.94. The molecule has 0 bridgehead atoms. The van der Waals surface area contributed by atoms with Gasteiger partial charge in [-0.1, -0.05) is 6.07 Å². The number of morpholine rings is 1. The number of nitrogens with one attached hydrogen (secondary N) is 1. The molecular formula is C17H18N4O8S2. The molecule has 0 unspecified atom stereocenters. The lowest BCUT2D eigenvalue weighted by Crippen LogP contribution is -2.40. The number of carbonyl (C=O) groups is 2. The third-order valence-electron chi connectivity index (χ3n) is 4.27. The van der Waals surface area contributed by atoms with Gasteiger partial charge in [0, 0.05) is 13.1 Å². The third-order valence-corrected chi connectivity index (χ3v) is 7.17. The van der Waals surface area contributed by atoms with Gasteiger partial charge >= 0.3 is 11.0 Å². The monoisotopic (exact) mass is 470 g/mol. The summed E-state index contributed by atoms with van der Waals surface area (Å²) in [6, 6.07) is 4.10. The Morgan fingerprint density at radius 1 is 1.35 bits per heavy atom. The Morgan fingerprint density at radius 3 is 2.71 bits per heavy atom. The van der Waals surface area contributed by atoms with Crippen molar-refractivity contribution in [3.63, 3.8) is 0 Å². The molecule has 1 N–H and O–H groups in total. The van der Waals surface area contributed by atoms with Crippen LogP contribution in [-0.4, -0.2) is 67.4 Å². The minimum atomic E-state index is -3.82. The molecule has 0 aliphatic carbocycles. The number of hydrogen-bond acceptors (Lipinski definition) is 10. The number of nitro groups is 1. The van der Waals surface area contributed by atoms with Crippen molar-refractivity contribution in [3.8, 4) is 0 Å². The second-order valence-electron chi connectivity index (χ2n) is 6.38. The van der Waals surface area contributed by atoms with E-state index in [4.69, 9.17) is 9.47 Å². The molecule has 166 valence electrons. The number of amides is 1. The van der Waals surface area contributed by atoms with Crippen molar-refractivity contribution in [2.75, 3.05) is 38.2 Å². The second kappa shape index (κ2) is 9.47. The van der Waals surface area contributed by atoms with Crippen molar-refractivity contribution in [1.29, 1.82) is 0 Å². The molecule has 12 nitrogen and oxygen atoms in total. The van der Waals surface area contributed by atoms with Gasteiger partial charge in [0.15, 0.2) is 11.7 Å². The fourth-order valence-electron chi connectivity index (χ4n) is 2.71. The summed E-state index contributed by atoms with van der Waals surface area (Å²) >= 11 is 0.657. The van der Waals surface area contributed by atoms with Crippen LogP contribution in [0.15, 0.2) is 29.3 Å². The standard InChI is InChI=1S/C17H18N4O8S2/c1-11-2-3-12(8-13(11)31(26,27)20-4-6-28-7-5-20)16(23)29-10-14(22)19-17-18-9-15(30-17)21(24)25/h2-3,8-9H,4-7,10H2,1H3,(H,18,19,22). The number of thiazole rings is 1. The lowest BCUT2D eigenvalue weighted by molar-refractivity contribution is -0.380. The highest BCUT2D eigenvalue weighted by Gasteiger charge is 2.28. The van der Waals surface area contributed by atoms with Crippen LogP contribution >= 0.6 is 11.3 Å². The SMILES string of the molecule is Cc1ccc(C(=O)OCC(=O)Nc2ncc([N+](=O)[O-])s2)cc1S(=O)(=O)N1CCOCC1. The summed E-state index contributed by atoms with van der Waals surface area (Å²) in [4.78, 5) is 37.9. The second-order valence-corrected chi connectivity index (χ2v) is 9.30. The maximum absolute atomic E-state index is 12.9. The lowest BCUT2D eigenvalue weighted by Gasteiger charge is -2.26. The molecule has 1 aliphatic rings. The molecule has 1 saturated heterocycles. The minimum Gasteiger partial charge on any atom is -0.452 e. The highest BCUT2D eigenvalue weighted by molar-refractivity contribution is 7.89. The van der Waals surface area contributed by atoms with Gasteiger partial charge in [0.25, 0.3) is 5.91 Å². The number of aryl methyl sites for hydroxylation is 1. The molecule has 1 aromatic heterocycles. The molecule has 14 heteroatoms. The molecule has 2 aromatic rings. The number of carbonyl (C=O) groups excluding carboxylic acids is 2. The quantitative estimate of drug-likeness (QED) is 0.356. The van der Waals surface area contributed by atoms with Crippen molar-refractivity contribution in [3.05, 3.63) is 45.6 Å². The Balaban J connectivity index is 1.65. The molecule has 1 fully saturated rings. The van der Waals surface area contributed by atoms with E-state index in [2.05, 4.69) is 10.3 Å². The van der Waals surface area contributed by atoms with Gasteiger partial charge in [-0.3, -0.25) is 20.2 Å². The van der Waals surface area contributed by atoms with Gasteiger partial charge in [-0.15, -0.1) is 0 Å². The molecule has 1 aliphatic heterocycles. The molecule has 1 aromatic carbocycles. The molecule has 0 radical (unpaired) electrons. The first-order valence-corrected chi connectivity index (χ1v) is 11.2. The van der Waals surface area contributed by atoms with E-state index < -0.39 is 33.4 Å². The molecule has 1 amide bonds. The summed E-state index contributed by atoms with van der Waals surface area (Å²) in [6.45, 7) is 1.95. The smallest absolute Gasteiger partial charge is 0.345 e. The van der Waals surface area contributed by atoms with Gasteiger partial charge in [-0.2, -0.15) is 4.31 Å². The maximum Gasteiger partial charge on any atom is 0.345 e. The van der Waals surface area contributed by atoms with E-state index in [0.717, 1.165) is 6.20 Å². The molecule has 0 atom stereocenters. The average Bonchev–Trinajstić information content (AvgIpc) is 3.21. The fraction of sp³-hybridized carbons (Fsp3) is 0.353. The normalized spacial score (nSPS) is 14.7. The van der Waals surface area contributed by atoms with E-state index in [9.17, 15) is 28.1 Å². The zero-order valence-corrected chi connectivity index (χ0v) is 17.9. The summed E-state index contributed by atoms with van der Waals surface area (Å²) in [5.41, 5.74) is 0.432. The van der Waals surface area contributed by atoms with E-state index in [1.165, 1.54) is 22.5 Å². The summed E-state index contributed by atoms with van der Waals surface area (Å²) in [5, 5.41) is 12.7. The van der Waals surface area contributed by atoms with Gasteiger partial charge in [-0.05, 0) is 36.0 Å². The highest BCUT2D eigenvalue weighted by atomic mass is 32.2. The molecule has 31 heavy (non-hydrogen) atoms. The number of benzene rings is 1. The van der Waals surface area contributed by atoms with Crippen LogP contribution < -0.4 is 5.32 Å². The van der Waals surface area contributed by atoms with E-state index in [1.807, 2.05) is 0 Å². The highest BCUT2D eigenvalue weighted by Crippen LogP contribution is 2.25. The fourth-order valence-corrected chi connectivity index (χ4v) is 5.02. The van der Waals surface area contributed by atoms with Crippen LogP contribution in [0.2, 0.25) is 0 Å². The zero-order chi connectivity index (χ0) is 22.6. The van der Waals surface area contributed by atoms with Crippen LogP contribution in [-0.2, 0) is 24.3 Å². The Kier molecular flexibility index (Phi) is 6.94. The first-order valence-electron chi connectivity index (χ1n) is 8.94. The predicted molar refractivity (Wildman–Crippen MR) is 108 cm³/mol. The van der Waals surface area contributed by atoms with Gasteiger partial charge in [0.05, 0.1) is 28.6 Å². The number of sulfonamides is 1. The number of ether oxygens (including phenoxy) is 2. The van der Waals surface area contributed by atoms with Gasteiger partial charge < -0.3 is 9.47 Å². The van der Waals surface area contributed by atoms with E-state index in [-0.39, 0.29) is 46.9 Å². The van der Waals surface area contributed by atoms with Crippen molar-refractivity contribution < 1.29 is 32.4 Å². The number of aromatic nitrogens is 1. The first-order chi connectivity index (χ1) is 14.7. The molecule has 0 saturated carbocycles. The molecule has 2 heterocycles. The van der Waals surface area contributed by atoms with Gasteiger partial charge in [-0.25, -0.2) is 18.2 Å². The minimum absolute atomic E-state index is 0.0121. The summed E-state index contributed by atoms with van der Waals surface area (Å²) < 4.78 is 37.2. The van der Waals surface area contributed by atoms with Gasteiger partial charge in [0.1, 0.15) is 6.20 Å². The largest absolute Gasteiger partial charge is 0.452 e. The third kappa shape index (κ3) is 5.41. The number of rotatable bonds is 7. The average molecular weight is 470 g/mol. The zero-order valence-electron chi connectivity index (χ0n) is 16.3. The Bertz CT molecular complexity index is 1110. The molecule has 3 rings (SSSR count).